The molecule has 148 valence electrons. The number of amides is 1. The van der Waals surface area contributed by atoms with Crippen LogP contribution >= 0.6 is 23.2 Å². The molecule has 1 fully saturated rings. The lowest BCUT2D eigenvalue weighted by atomic mass is 9.95. The Labute approximate surface area is 166 Å². The first kappa shape index (κ1) is 21.5. The fraction of sp³-hybridized carbons (Fsp3) is 0.375. The minimum Gasteiger partial charge on any atom is -0.480 e. The molecule has 1 saturated heterocycles. The summed E-state index contributed by atoms with van der Waals surface area (Å²) in [6.45, 7) is 4.44. The van der Waals surface area contributed by atoms with Crippen molar-refractivity contribution in [3.8, 4) is 0 Å². The van der Waals surface area contributed by atoms with Crippen molar-refractivity contribution in [3.05, 3.63) is 40.9 Å². The van der Waals surface area contributed by atoms with Crippen molar-refractivity contribution in [2.45, 2.75) is 29.8 Å². The lowest BCUT2D eigenvalue weighted by Crippen LogP contribution is -2.60. The van der Waals surface area contributed by atoms with Crippen molar-refractivity contribution in [1.29, 1.82) is 0 Å². The number of alkyl carbamates (subject to hydrolysis) is 1. The molecule has 0 radical (unpaired) electrons. The van der Waals surface area contributed by atoms with E-state index in [1.165, 1.54) is 31.2 Å². The molecule has 2 atom stereocenters. The van der Waals surface area contributed by atoms with Gasteiger partial charge in [0.1, 0.15) is 6.61 Å². The SMILES string of the molecule is C=CCOC(=O)N[C@@H]1CCN(S(=O)(=O)c2cc(Cl)cc(Cl)c2)[C@]1(C)C(=O)O. The summed E-state index contributed by atoms with van der Waals surface area (Å²) in [5.41, 5.74) is -1.93. The first-order valence-electron chi connectivity index (χ1n) is 7.80. The zero-order valence-corrected chi connectivity index (χ0v) is 16.6. The smallest absolute Gasteiger partial charge is 0.407 e. The van der Waals surface area contributed by atoms with Gasteiger partial charge < -0.3 is 15.2 Å². The topological polar surface area (TPSA) is 113 Å². The van der Waals surface area contributed by atoms with Gasteiger partial charge in [-0.05, 0) is 31.5 Å². The van der Waals surface area contributed by atoms with Crippen LogP contribution in [0.25, 0.3) is 0 Å². The van der Waals surface area contributed by atoms with E-state index >= 15 is 0 Å². The monoisotopic (exact) mass is 436 g/mol. The Bertz CT molecular complexity index is 855. The van der Waals surface area contributed by atoms with E-state index in [4.69, 9.17) is 27.9 Å². The van der Waals surface area contributed by atoms with E-state index in [9.17, 15) is 23.1 Å². The molecule has 8 nitrogen and oxygen atoms in total. The molecule has 1 aromatic carbocycles. The number of ether oxygens (including phenoxy) is 1. The summed E-state index contributed by atoms with van der Waals surface area (Å²) in [5.74, 6) is -1.41. The van der Waals surface area contributed by atoms with Crippen molar-refractivity contribution in [2.24, 2.45) is 0 Å². The van der Waals surface area contributed by atoms with E-state index < -0.39 is 33.7 Å². The fourth-order valence-corrected chi connectivity index (χ4v) is 5.41. The van der Waals surface area contributed by atoms with Gasteiger partial charge >= 0.3 is 12.1 Å². The summed E-state index contributed by atoms with van der Waals surface area (Å²) in [5, 5.41) is 12.4. The van der Waals surface area contributed by atoms with Gasteiger partial charge in [0.15, 0.2) is 5.54 Å². The number of aliphatic carboxylic acids is 1. The molecule has 0 aromatic heterocycles. The molecular formula is C16H18Cl2N2O6S. The van der Waals surface area contributed by atoms with E-state index in [1.807, 2.05) is 0 Å². The Hall–Kier alpha value is -1.81. The lowest BCUT2D eigenvalue weighted by molar-refractivity contribution is -0.147. The number of nitrogens with zero attached hydrogens (tertiary/aromatic N) is 1. The van der Waals surface area contributed by atoms with Crippen molar-refractivity contribution >= 4 is 45.3 Å². The molecule has 2 rings (SSSR count). The third kappa shape index (κ3) is 4.21. The molecule has 0 bridgehead atoms. The number of sulfonamides is 1. The van der Waals surface area contributed by atoms with Crippen molar-refractivity contribution < 1.29 is 27.9 Å². The first-order chi connectivity index (χ1) is 12.5. The highest BCUT2D eigenvalue weighted by atomic mass is 35.5. The molecule has 1 aliphatic rings. The van der Waals surface area contributed by atoms with E-state index in [2.05, 4.69) is 11.9 Å². The summed E-state index contributed by atoms with van der Waals surface area (Å²) >= 11 is 11.8. The summed E-state index contributed by atoms with van der Waals surface area (Å²) < 4.78 is 31.7. The van der Waals surface area contributed by atoms with E-state index in [0.29, 0.717) is 0 Å². The number of carbonyl (C=O) groups is 2. The highest BCUT2D eigenvalue weighted by molar-refractivity contribution is 7.89. The second-order valence-corrected chi connectivity index (χ2v) is 8.74. The van der Waals surface area contributed by atoms with Gasteiger partial charge in [0.05, 0.1) is 10.9 Å². The Kier molecular flexibility index (Phi) is 6.41. The predicted octanol–water partition coefficient (Wildman–Crippen LogP) is 2.51. The van der Waals surface area contributed by atoms with Crippen molar-refractivity contribution in [3.63, 3.8) is 0 Å². The molecule has 0 saturated carbocycles. The molecule has 2 N–H and O–H groups in total. The minimum atomic E-state index is -4.25. The van der Waals surface area contributed by atoms with Crippen LogP contribution in [0, 0.1) is 0 Å². The van der Waals surface area contributed by atoms with Crippen LogP contribution in [0.2, 0.25) is 10.0 Å². The van der Waals surface area contributed by atoms with Crippen LogP contribution in [0.5, 0.6) is 0 Å². The maximum atomic E-state index is 13.1. The highest BCUT2D eigenvalue weighted by Crippen LogP contribution is 2.36. The Morgan fingerprint density at radius 1 is 1.41 bits per heavy atom. The molecule has 27 heavy (non-hydrogen) atoms. The molecule has 0 spiro atoms. The normalized spacial score (nSPS) is 23.0. The summed E-state index contributed by atoms with van der Waals surface area (Å²) in [4.78, 5) is 23.6. The van der Waals surface area contributed by atoms with Crippen LogP contribution in [0.15, 0.2) is 35.7 Å². The number of halogens is 2. The standard InChI is InChI=1S/C16H18Cl2N2O6S/c1-3-6-26-15(23)19-13-4-5-20(16(13,2)14(21)22)27(24,25)12-8-10(17)7-11(18)9-12/h3,7-9,13H,1,4-6H2,2H3,(H,19,23)(H,21,22)/t13-,16+/m1/s1. The van der Waals surface area contributed by atoms with Gasteiger partial charge in [-0.1, -0.05) is 35.9 Å². The van der Waals surface area contributed by atoms with Crippen LogP contribution in [0.4, 0.5) is 4.79 Å². The number of hydrogen-bond donors (Lipinski definition) is 2. The van der Waals surface area contributed by atoms with Crippen LogP contribution in [-0.2, 0) is 19.6 Å². The maximum Gasteiger partial charge on any atom is 0.407 e. The second kappa shape index (κ2) is 8.05. The van der Waals surface area contributed by atoms with Crippen molar-refractivity contribution in [2.75, 3.05) is 13.2 Å². The van der Waals surface area contributed by atoms with E-state index in [0.717, 1.165) is 4.31 Å². The summed E-state index contributed by atoms with van der Waals surface area (Å²) in [7, 11) is -4.25. The Balaban J connectivity index is 2.40. The van der Waals surface area contributed by atoms with Crippen LogP contribution in [0.1, 0.15) is 13.3 Å². The molecule has 0 unspecified atom stereocenters. The van der Waals surface area contributed by atoms with E-state index in [1.54, 1.807) is 0 Å². The zero-order chi connectivity index (χ0) is 20.4. The Morgan fingerprint density at radius 2 is 2.00 bits per heavy atom. The zero-order valence-electron chi connectivity index (χ0n) is 14.3. The molecular weight excluding hydrogens is 419 g/mol. The number of hydrogen-bond acceptors (Lipinski definition) is 5. The van der Waals surface area contributed by atoms with Gasteiger partial charge in [-0.15, -0.1) is 0 Å². The van der Waals surface area contributed by atoms with Gasteiger partial charge in [-0.2, -0.15) is 4.31 Å². The second-order valence-electron chi connectivity index (χ2n) is 6.01. The first-order valence-corrected chi connectivity index (χ1v) is 9.99. The predicted molar refractivity (Wildman–Crippen MR) is 99.5 cm³/mol. The van der Waals surface area contributed by atoms with Crippen LogP contribution in [0.3, 0.4) is 0 Å². The third-order valence-electron chi connectivity index (χ3n) is 4.30. The van der Waals surface area contributed by atoms with Gasteiger partial charge in [0.2, 0.25) is 10.0 Å². The highest BCUT2D eigenvalue weighted by Gasteiger charge is 2.57. The average molecular weight is 437 g/mol. The molecule has 1 heterocycles. The maximum absolute atomic E-state index is 13.1. The third-order valence-corrected chi connectivity index (χ3v) is 6.71. The number of carboxylic acids is 1. The fourth-order valence-electron chi connectivity index (χ4n) is 2.89. The molecule has 11 heteroatoms. The quantitative estimate of drug-likeness (QED) is 0.662. The number of carbonyl (C=O) groups excluding carboxylic acids is 1. The van der Waals surface area contributed by atoms with Gasteiger partial charge in [0.25, 0.3) is 0 Å². The van der Waals surface area contributed by atoms with Crippen LogP contribution in [-0.4, -0.2) is 54.6 Å². The number of carboxylic acid groups (broad SMARTS) is 1. The lowest BCUT2D eigenvalue weighted by Gasteiger charge is -2.34. The average Bonchev–Trinajstić information content (AvgIpc) is 2.90. The minimum absolute atomic E-state index is 0.0641. The van der Waals surface area contributed by atoms with Crippen molar-refractivity contribution in [1.82, 2.24) is 9.62 Å². The van der Waals surface area contributed by atoms with Gasteiger partial charge in [-0.3, -0.25) is 4.79 Å². The molecule has 1 aromatic rings. The summed E-state index contributed by atoms with van der Waals surface area (Å²) in [6, 6.07) is 2.73. The molecule has 1 amide bonds. The summed E-state index contributed by atoms with van der Waals surface area (Å²) in [6.07, 6.45) is 0.571. The van der Waals surface area contributed by atoms with E-state index in [-0.39, 0.29) is 34.5 Å². The number of rotatable bonds is 6. The number of benzene rings is 1. The molecule has 1 aliphatic heterocycles. The largest absolute Gasteiger partial charge is 0.480 e. The Morgan fingerprint density at radius 3 is 2.52 bits per heavy atom. The number of nitrogens with one attached hydrogen (secondary N) is 1. The van der Waals surface area contributed by atoms with Gasteiger partial charge in [-0.25, -0.2) is 13.2 Å². The molecule has 0 aliphatic carbocycles. The van der Waals surface area contributed by atoms with Gasteiger partial charge in [0, 0.05) is 16.6 Å². The van der Waals surface area contributed by atoms with Crippen LogP contribution < -0.4 is 5.32 Å².